The summed E-state index contributed by atoms with van der Waals surface area (Å²) in [6, 6.07) is 23.3. The molecule has 0 N–H and O–H groups in total. The van der Waals surface area contributed by atoms with Crippen LogP contribution in [0.4, 0.5) is 5.69 Å². The molecule has 0 aliphatic carbocycles. The van der Waals surface area contributed by atoms with Crippen molar-refractivity contribution in [1.29, 1.82) is 0 Å². The Morgan fingerprint density at radius 1 is 0.971 bits per heavy atom. The molecule has 0 saturated carbocycles. The molecule has 1 unspecified atom stereocenters. The first-order valence-electron chi connectivity index (χ1n) is 11.7. The number of aryl methyl sites for hydroxylation is 2. The largest absolute Gasteiger partial charge is 0.478 e. The maximum absolute atomic E-state index is 13.3. The number of ketones is 1. The minimum Gasteiger partial charge on any atom is -0.478 e. The van der Waals surface area contributed by atoms with Crippen LogP contribution < -0.4 is 9.64 Å². The summed E-state index contributed by atoms with van der Waals surface area (Å²) in [4.78, 5) is 33.9. The lowest BCUT2D eigenvalue weighted by molar-refractivity contribution is -0.126. The molecular weight excluding hydrogens is 456 g/mol. The van der Waals surface area contributed by atoms with Crippen molar-refractivity contribution < 1.29 is 14.3 Å². The molecule has 0 bridgehead atoms. The molecule has 0 spiro atoms. The average molecular weight is 483 g/mol. The van der Waals surface area contributed by atoms with E-state index in [0.717, 1.165) is 32.3 Å². The zero-order valence-electron chi connectivity index (χ0n) is 19.9. The van der Waals surface area contributed by atoms with Crippen LogP contribution in [-0.4, -0.2) is 29.3 Å². The molecule has 1 aliphatic rings. The summed E-state index contributed by atoms with van der Waals surface area (Å²) < 4.78 is 5.98. The van der Waals surface area contributed by atoms with Crippen LogP contribution in [-0.2, 0) is 4.79 Å². The molecule has 0 saturated heterocycles. The number of hydrogen-bond acceptors (Lipinski definition) is 5. The third-order valence-corrected chi connectivity index (χ3v) is 7.11. The molecule has 176 valence electrons. The Bertz CT molecular complexity index is 1390. The Morgan fingerprint density at radius 2 is 1.66 bits per heavy atom. The van der Waals surface area contributed by atoms with Crippen LogP contribution in [0.3, 0.4) is 0 Å². The number of nitrogens with zero attached hydrogens (tertiary/aromatic N) is 2. The van der Waals surface area contributed by atoms with Gasteiger partial charge in [-0.1, -0.05) is 61.5 Å². The molecule has 2 heterocycles. The molecule has 4 aromatic rings. The average Bonchev–Trinajstić information content (AvgIpc) is 3.23. The molecule has 6 heteroatoms. The predicted molar refractivity (Wildman–Crippen MR) is 140 cm³/mol. The first-order chi connectivity index (χ1) is 16.9. The van der Waals surface area contributed by atoms with E-state index in [9.17, 15) is 9.59 Å². The number of carbonyl (C=O) groups is 2. The smallest absolute Gasteiger partial charge is 0.268 e. The summed E-state index contributed by atoms with van der Waals surface area (Å²) in [6.45, 7) is 5.88. The normalized spacial score (nSPS) is 15.0. The fraction of sp³-hybridized carbons (Fsp3) is 0.207. The molecule has 0 radical (unpaired) electrons. The molecule has 0 fully saturated rings. The summed E-state index contributed by atoms with van der Waals surface area (Å²) in [7, 11) is 0. The highest BCUT2D eigenvalue weighted by Crippen LogP contribution is 2.39. The topological polar surface area (TPSA) is 59.5 Å². The molecule has 35 heavy (non-hydrogen) atoms. The van der Waals surface area contributed by atoms with Crippen LogP contribution in [0.1, 0.15) is 33.6 Å². The molecular formula is C29H26N2O3S. The zero-order valence-corrected chi connectivity index (χ0v) is 20.8. The van der Waals surface area contributed by atoms with Crippen molar-refractivity contribution in [3.8, 4) is 28.1 Å². The van der Waals surface area contributed by atoms with E-state index < -0.39 is 6.10 Å². The van der Waals surface area contributed by atoms with Gasteiger partial charge in [-0.05, 0) is 49.6 Å². The maximum atomic E-state index is 13.3. The van der Waals surface area contributed by atoms with Crippen molar-refractivity contribution in [3.63, 3.8) is 0 Å². The lowest BCUT2D eigenvalue weighted by atomic mass is 10.0. The lowest BCUT2D eigenvalue weighted by Gasteiger charge is -2.34. The highest BCUT2D eigenvalue weighted by atomic mass is 32.1. The third kappa shape index (κ3) is 4.49. The van der Waals surface area contributed by atoms with Gasteiger partial charge in [0.05, 0.1) is 22.9 Å². The van der Waals surface area contributed by atoms with Crippen LogP contribution in [0.5, 0.6) is 5.75 Å². The number of fused-ring (bicyclic) bond motifs is 1. The van der Waals surface area contributed by atoms with E-state index in [1.807, 2.05) is 93.6 Å². The minimum absolute atomic E-state index is 0.0467. The minimum atomic E-state index is -0.607. The summed E-state index contributed by atoms with van der Waals surface area (Å²) in [6.07, 6.45) is -0.0780. The summed E-state index contributed by atoms with van der Waals surface area (Å²) in [5.74, 6) is 0.293. The quantitative estimate of drug-likeness (QED) is 0.295. The van der Waals surface area contributed by atoms with Crippen molar-refractivity contribution in [3.05, 3.63) is 88.2 Å². The van der Waals surface area contributed by atoms with E-state index in [1.54, 1.807) is 16.2 Å². The first-order valence-corrected chi connectivity index (χ1v) is 12.5. The van der Waals surface area contributed by atoms with E-state index in [4.69, 9.17) is 4.74 Å². The van der Waals surface area contributed by atoms with Gasteiger partial charge < -0.3 is 4.74 Å². The van der Waals surface area contributed by atoms with Crippen LogP contribution in [0.25, 0.3) is 22.4 Å². The van der Waals surface area contributed by atoms with Crippen LogP contribution in [0, 0.1) is 13.8 Å². The van der Waals surface area contributed by atoms with Gasteiger partial charge >= 0.3 is 0 Å². The van der Waals surface area contributed by atoms with E-state index in [0.29, 0.717) is 23.4 Å². The van der Waals surface area contributed by atoms with Gasteiger partial charge in [0, 0.05) is 16.0 Å². The van der Waals surface area contributed by atoms with Crippen molar-refractivity contribution in [2.45, 2.75) is 33.3 Å². The second-order valence-electron chi connectivity index (χ2n) is 8.63. The number of carbonyl (C=O) groups excluding carboxylic acids is 2. The fourth-order valence-electron chi connectivity index (χ4n) is 4.40. The van der Waals surface area contributed by atoms with Gasteiger partial charge in [0.15, 0.2) is 11.9 Å². The second kappa shape index (κ2) is 9.47. The zero-order chi connectivity index (χ0) is 24.5. The maximum Gasteiger partial charge on any atom is 0.268 e. The number of rotatable bonds is 6. The number of ether oxygens (including phenoxy) is 1. The summed E-state index contributed by atoms with van der Waals surface area (Å²) >= 11 is 1.64. The van der Waals surface area contributed by atoms with Gasteiger partial charge in [0.1, 0.15) is 5.75 Å². The molecule has 1 atom stereocenters. The van der Waals surface area contributed by atoms with Gasteiger partial charge in [-0.3, -0.25) is 14.5 Å². The van der Waals surface area contributed by atoms with Crippen molar-refractivity contribution in [2.24, 2.45) is 0 Å². The third-order valence-electron chi connectivity index (χ3n) is 6.22. The summed E-state index contributed by atoms with van der Waals surface area (Å²) in [5, 5.41) is 0.986. The molecule has 5 nitrogen and oxygen atoms in total. The Balaban J connectivity index is 1.45. The van der Waals surface area contributed by atoms with Gasteiger partial charge in [0.25, 0.3) is 5.91 Å². The number of aromatic nitrogens is 1. The Labute approximate surface area is 209 Å². The fourth-order valence-corrected chi connectivity index (χ4v) is 5.24. The Kier molecular flexibility index (Phi) is 6.22. The molecule has 5 rings (SSSR count). The van der Waals surface area contributed by atoms with Crippen LogP contribution in [0.2, 0.25) is 0 Å². The standard InChI is InChI=1S/C29H26N2O3S/c1-4-26-29(33)31(17-25(32)22-12-10-21(11-13-22)20-8-6-5-7-9-20)24-16-23(14-15-27(24)34-26)28-18(2)35-19(3)30-28/h5-16,26H,4,17H2,1-3H3. The van der Waals surface area contributed by atoms with Crippen molar-refractivity contribution in [1.82, 2.24) is 4.98 Å². The van der Waals surface area contributed by atoms with E-state index >= 15 is 0 Å². The van der Waals surface area contributed by atoms with Crippen LogP contribution in [0.15, 0.2) is 72.8 Å². The lowest BCUT2D eigenvalue weighted by Crippen LogP contribution is -2.47. The van der Waals surface area contributed by atoms with Crippen molar-refractivity contribution in [2.75, 3.05) is 11.4 Å². The Morgan fingerprint density at radius 3 is 2.31 bits per heavy atom. The van der Waals surface area contributed by atoms with E-state index in [1.165, 1.54) is 0 Å². The summed E-state index contributed by atoms with van der Waals surface area (Å²) in [5.41, 5.74) is 5.11. The number of Topliss-reactive ketones (excluding diaryl/α,β-unsaturated/α-hetero) is 1. The number of anilines is 1. The van der Waals surface area contributed by atoms with Gasteiger partial charge in [-0.2, -0.15) is 0 Å². The molecule has 1 aromatic heterocycles. The monoisotopic (exact) mass is 482 g/mol. The van der Waals surface area contributed by atoms with Crippen molar-refractivity contribution >= 4 is 28.7 Å². The predicted octanol–water partition coefficient (Wildman–Crippen LogP) is 6.48. The second-order valence-corrected chi connectivity index (χ2v) is 10.0. The van der Waals surface area contributed by atoms with Gasteiger partial charge in [-0.15, -0.1) is 11.3 Å². The first kappa shape index (κ1) is 23.0. The molecule has 1 aliphatic heterocycles. The van der Waals surface area contributed by atoms with E-state index in [-0.39, 0.29) is 18.2 Å². The highest BCUT2D eigenvalue weighted by molar-refractivity contribution is 7.11. The number of thiazole rings is 1. The SMILES string of the molecule is CCC1Oc2ccc(-c3nc(C)sc3C)cc2N(CC(=O)c2ccc(-c3ccccc3)cc2)C1=O. The van der Waals surface area contributed by atoms with E-state index in [2.05, 4.69) is 4.98 Å². The number of hydrogen-bond donors (Lipinski definition) is 0. The molecule has 3 aromatic carbocycles. The highest BCUT2D eigenvalue weighted by Gasteiger charge is 2.35. The van der Waals surface area contributed by atoms with Gasteiger partial charge in [0.2, 0.25) is 0 Å². The number of amides is 1. The van der Waals surface area contributed by atoms with Crippen LogP contribution >= 0.6 is 11.3 Å². The van der Waals surface area contributed by atoms with Gasteiger partial charge in [-0.25, -0.2) is 4.98 Å². The Hall–Kier alpha value is -3.77. The molecule has 1 amide bonds. The number of benzene rings is 3.